The molecule has 3 heteroatoms. The number of rotatable bonds is 5. The quantitative estimate of drug-likeness (QED) is 0.890. The van der Waals surface area contributed by atoms with Gasteiger partial charge in [-0.1, -0.05) is 36.4 Å². The number of pyridine rings is 1. The molecule has 0 unspecified atom stereocenters. The van der Waals surface area contributed by atoms with Crippen molar-refractivity contribution in [2.45, 2.75) is 26.3 Å². The predicted octanol–water partition coefficient (Wildman–Crippen LogP) is 2.50. The van der Waals surface area contributed by atoms with Crippen molar-refractivity contribution in [2.75, 3.05) is 0 Å². The van der Waals surface area contributed by atoms with Crippen molar-refractivity contribution in [3.63, 3.8) is 0 Å². The average molecular weight is 254 g/mol. The van der Waals surface area contributed by atoms with Crippen molar-refractivity contribution >= 4 is 5.91 Å². The number of aromatic nitrogens is 1. The molecule has 98 valence electrons. The molecule has 0 fully saturated rings. The van der Waals surface area contributed by atoms with Gasteiger partial charge in [0.1, 0.15) is 0 Å². The van der Waals surface area contributed by atoms with Gasteiger partial charge in [-0.15, -0.1) is 0 Å². The summed E-state index contributed by atoms with van der Waals surface area (Å²) >= 11 is 0. The smallest absolute Gasteiger partial charge is 0.217 e. The summed E-state index contributed by atoms with van der Waals surface area (Å²) in [7, 11) is 0. The minimum Gasteiger partial charge on any atom is -0.351 e. The van der Waals surface area contributed by atoms with Crippen LogP contribution in [0.1, 0.15) is 23.7 Å². The molecule has 0 atom stereocenters. The molecule has 19 heavy (non-hydrogen) atoms. The minimum absolute atomic E-state index is 0.0281. The Bertz CT molecular complexity index is 537. The van der Waals surface area contributed by atoms with E-state index in [1.165, 1.54) is 18.1 Å². The monoisotopic (exact) mass is 254 g/mol. The van der Waals surface area contributed by atoms with E-state index in [9.17, 15) is 4.79 Å². The average Bonchev–Trinajstić information content (AvgIpc) is 2.45. The zero-order valence-corrected chi connectivity index (χ0v) is 11.1. The Hall–Kier alpha value is -2.16. The molecule has 2 rings (SSSR count). The molecular weight excluding hydrogens is 236 g/mol. The number of hydrogen-bond donors (Lipinski definition) is 1. The van der Waals surface area contributed by atoms with Crippen molar-refractivity contribution in [3.8, 4) is 0 Å². The van der Waals surface area contributed by atoms with Crippen LogP contribution in [0.25, 0.3) is 0 Å². The van der Waals surface area contributed by atoms with Crippen LogP contribution in [0.2, 0.25) is 0 Å². The molecule has 2 aromatic rings. The fourth-order valence-electron chi connectivity index (χ4n) is 1.99. The molecular formula is C16H18N2O. The van der Waals surface area contributed by atoms with Crippen LogP contribution in [0, 0.1) is 0 Å². The van der Waals surface area contributed by atoms with Crippen LogP contribution in [0.5, 0.6) is 0 Å². The van der Waals surface area contributed by atoms with Gasteiger partial charge in [-0.05, 0) is 30.0 Å². The van der Waals surface area contributed by atoms with E-state index in [4.69, 9.17) is 0 Å². The Balaban J connectivity index is 2.01. The van der Waals surface area contributed by atoms with Crippen LogP contribution in [0.15, 0.2) is 48.7 Å². The largest absolute Gasteiger partial charge is 0.351 e. The van der Waals surface area contributed by atoms with Crippen molar-refractivity contribution < 1.29 is 4.79 Å². The van der Waals surface area contributed by atoms with Gasteiger partial charge in [0.25, 0.3) is 0 Å². The van der Waals surface area contributed by atoms with Gasteiger partial charge < -0.3 is 5.32 Å². The van der Waals surface area contributed by atoms with Crippen LogP contribution in [-0.4, -0.2) is 10.9 Å². The number of carbonyl (C=O) groups excluding carboxylic acids is 1. The molecule has 0 saturated heterocycles. The van der Waals surface area contributed by atoms with E-state index in [0.29, 0.717) is 6.54 Å². The maximum Gasteiger partial charge on any atom is 0.217 e. The Kier molecular flexibility index (Phi) is 4.67. The van der Waals surface area contributed by atoms with Gasteiger partial charge in [-0.3, -0.25) is 9.78 Å². The molecule has 0 aliphatic carbocycles. The lowest BCUT2D eigenvalue weighted by atomic mass is 10.0. The molecule has 3 nitrogen and oxygen atoms in total. The van der Waals surface area contributed by atoms with E-state index in [1.54, 1.807) is 6.20 Å². The Morgan fingerprint density at radius 2 is 1.89 bits per heavy atom. The third-order valence-electron chi connectivity index (χ3n) is 3.02. The number of nitrogens with zero attached hydrogens (tertiary/aromatic N) is 1. The Labute approximate surface area is 113 Å². The van der Waals surface area contributed by atoms with Gasteiger partial charge in [0.05, 0.1) is 12.2 Å². The first-order valence-corrected chi connectivity index (χ1v) is 6.47. The summed E-state index contributed by atoms with van der Waals surface area (Å²) in [6, 6.07) is 14.4. The topological polar surface area (TPSA) is 42.0 Å². The third-order valence-corrected chi connectivity index (χ3v) is 3.02. The molecule has 0 aliphatic heterocycles. The van der Waals surface area contributed by atoms with Gasteiger partial charge in [0.15, 0.2) is 0 Å². The number of amides is 1. The van der Waals surface area contributed by atoms with E-state index in [0.717, 1.165) is 18.5 Å². The number of benzene rings is 1. The second kappa shape index (κ2) is 6.69. The zero-order chi connectivity index (χ0) is 13.5. The van der Waals surface area contributed by atoms with Crippen molar-refractivity contribution in [2.24, 2.45) is 0 Å². The van der Waals surface area contributed by atoms with Gasteiger partial charge in [0.2, 0.25) is 5.91 Å². The lowest BCUT2D eigenvalue weighted by molar-refractivity contribution is -0.119. The second-order valence-corrected chi connectivity index (χ2v) is 4.50. The van der Waals surface area contributed by atoms with E-state index in [1.807, 2.05) is 12.1 Å². The maximum absolute atomic E-state index is 11.0. The van der Waals surface area contributed by atoms with Crippen molar-refractivity contribution in [3.05, 3.63) is 65.5 Å². The maximum atomic E-state index is 11.0. The van der Waals surface area contributed by atoms with Gasteiger partial charge in [-0.25, -0.2) is 0 Å². The molecule has 0 spiro atoms. The van der Waals surface area contributed by atoms with E-state index in [-0.39, 0.29) is 5.91 Å². The minimum atomic E-state index is -0.0281. The summed E-state index contributed by atoms with van der Waals surface area (Å²) in [4.78, 5) is 15.3. The van der Waals surface area contributed by atoms with Crippen LogP contribution < -0.4 is 5.32 Å². The fraction of sp³-hybridized carbons (Fsp3) is 0.250. The first kappa shape index (κ1) is 13.3. The summed E-state index contributed by atoms with van der Waals surface area (Å²) in [5.41, 5.74) is 3.46. The SMILES string of the molecule is CC(=O)NCc1ncccc1CCc1ccccc1. The summed E-state index contributed by atoms with van der Waals surface area (Å²) in [5, 5.41) is 2.80. The molecule has 0 saturated carbocycles. The fourth-order valence-corrected chi connectivity index (χ4v) is 1.99. The van der Waals surface area contributed by atoms with Crippen molar-refractivity contribution in [1.29, 1.82) is 0 Å². The van der Waals surface area contributed by atoms with Crippen LogP contribution in [0.4, 0.5) is 0 Å². The summed E-state index contributed by atoms with van der Waals surface area (Å²) in [6.45, 7) is 2.02. The highest BCUT2D eigenvalue weighted by molar-refractivity contribution is 5.72. The molecule has 1 heterocycles. The normalized spacial score (nSPS) is 10.2. The van der Waals surface area contributed by atoms with Gasteiger partial charge in [0, 0.05) is 13.1 Å². The first-order chi connectivity index (χ1) is 9.25. The molecule has 1 aromatic carbocycles. The molecule has 1 amide bonds. The number of aryl methyl sites for hydroxylation is 2. The highest BCUT2D eigenvalue weighted by Gasteiger charge is 2.04. The summed E-state index contributed by atoms with van der Waals surface area (Å²) < 4.78 is 0. The van der Waals surface area contributed by atoms with Gasteiger partial charge >= 0.3 is 0 Å². The van der Waals surface area contributed by atoms with Crippen LogP contribution in [-0.2, 0) is 24.2 Å². The predicted molar refractivity (Wildman–Crippen MR) is 75.6 cm³/mol. The standard InChI is InChI=1S/C16H18N2O/c1-13(19)18-12-16-15(8-5-11-17-16)10-9-14-6-3-2-4-7-14/h2-8,11H,9-10,12H2,1H3,(H,18,19). The van der Waals surface area contributed by atoms with Gasteiger partial charge in [-0.2, -0.15) is 0 Å². The highest BCUT2D eigenvalue weighted by atomic mass is 16.1. The Morgan fingerprint density at radius 3 is 2.63 bits per heavy atom. The molecule has 0 aliphatic rings. The zero-order valence-electron chi connectivity index (χ0n) is 11.1. The third kappa shape index (κ3) is 4.21. The van der Waals surface area contributed by atoms with Crippen LogP contribution in [0.3, 0.4) is 0 Å². The van der Waals surface area contributed by atoms with Crippen molar-refractivity contribution in [1.82, 2.24) is 10.3 Å². The summed E-state index contributed by atoms with van der Waals surface area (Å²) in [5.74, 6) is -0.0281. The molecule has 1 N–H and O–H groups in total. The number of nitrogens with one attached hydrogen (secondary N) is 1. The lowest BCUT2D eigenvalue weighted by Gasteiger charge is -2.08. The first-order valence-electron chi connectivity index (χ1n) is 6.47. The Morgan fingerprint density at radius 1 is 1.11 bits per heavy atom. The van der Waals surface area contributed by atoms with E-state index in [2.05, 4.69) is 40.6 Å². The number of carbonyl (C=O) groups is 1. The van der Waals surface area contributed by atoms with E-state index < -0.39 is 0 Å². The highest BCUT2D eigenvalue weighted by Crippen LogP contribution is 2.10. The van der Waals surface area contributed by atoms with Crippen LogP contribution >= 0.6 is 0 Å². The second-order valence-electron chi connectivity index (χ2n) is 4.50. The molecule has 0 radical (unpaired) electrons. The molecule has 0 bridgehead atoms. The summed E-state index contributed by atoms with van der Waals surface area (Å²) in [6.07, 6.45) is 3.69. The van der Waals surface area contributed by atoms with E-state index >= 15 is 0 Å². The molecule has 1 aromatic heterocycles. The number of hydrogen-bond acceptors (Lipinski definition) is 2. The lowest BCUT2D eigenvalue weighted by Crippen LogP contribution is -2.20.